The van der Waals surface area contributed by atoms with E-state index in [0.29, 0.717) is 5.56 Å². The Kier molecular flexibility index (Phi) is 3.84. The van der Waals surface area contributed by atoms with Gasteiger partial charge in [-0.2, -0.15) is 0 Å². The van der Waals surface area contributed by atoms with Crippen molar-refractivity contribution >= 4 is 17.7 Å². The van der Waals surface area contributed by atoms with Crippen LogP contribution in [0.3, 0.4) is 0 Å². The zero-order valence-electron chi connectivity index (χ0n) is 11.2. The average molecular weight is 284 g/mol. The minimum absolute atomic E-state index is 0.0381. The Bertz CT molecular complexity index is 697. The highest BCUT2D eigenvalue weighted by Crippen LogP contribution is 2.16. The van der Waals surface area contributed by atoms with Gasteiger partial charge in [0.1, 0.15) is 0 Å². The molecule has 0 saturated carbocycles. The summed E-state index contributed by atoms with van der Waals surface area (Å²) in [5.74, 6) is -2.98. The van der Waals surface area contributed by atoms with Crippen LogP contribution >= 0.6 is 0 Å². The number of benzene rings is 2. The van der Waals surface area contributed by atoms with Crippen LogP contribution in [-0.4, -0.2) is 27.9 Å². The summed E-state index contributed by atoms with van der Waals surface area (Å²) in [6.07, 6.45) is 0. The molecule has 0 bridgehead atoms. The van der Waals surface area contributed by atoms with E-state index in [4.69, 9.17) is 10.2 Å². The maximum absolute atomic E-state index is 12.3. The number of rotatable bonds is 4. The van der Waals surface area contributed by atoms with Gasteiger partial charge in [0.15, 0.2) is 5.78 Å². The van der Waals surface area contributed by atoms with E-state index in [1.165, 1.54) is 12.1 Å². The number of hydrogen-bond donors (Lipinski definition) is 2. The first-order valence-electron chi connectivity index (χ1n) is 6.11. The first-order valence-corrected chi connectivity index (χ1v) is 6.11. The third-order valence-electron chi connectivity index (χ3n) is 3.00. The third kappa shape index (κ3) is 3.14. The summed E-state index contributed by atoms with van der Waals surface area (Å²) in [6, 6.07) is 10.1. The smallest absolute Gasteiger partial charge is 0.335 e. The van der Waals surface area contributed by atoms with E-state index in [9.17, 15) is 14.4 Å². The lowest BCUT2D eigenvalue weighted by Gasteiger charge is -2.05. The predicted octanol–water partition coefficient (Wildman–Crippen LogP) is 2.62. The van der Waals surface area contributed by atoms with Gasteiger partial charge in [0, 0.05) is 11.1 Å². The molecule has 0 spiro atoms. The minimum atomic E-state index is -1.28. The number of hydrogen-bond acceptors (Lipinski definition) is 3. The molecular weight excluding hydrogens is 272 g/mol. The lowest BCUT2D eigenvalue weighted by molar-refractivity contribution is 0.0696. The van der Waals surface area contributed by atoms with Crippen LogP contribution in [-0.2, 0) is 0 Å². The first kappa shape index (κ1) is 14.5. The summed E-state index contributed by atoms with van der Waals surface area (Å²) in [6.45, 7) is 1.88. The third-order valence-corrected chi connectivity index (χ3v) is 3.00. The Balaban J connectivity index is 2.51. The average Bonchev–Trinajstić information content (AvgIpc) is 2.46. The van der Waals surface area contributed by atoms with Gasteiger partial charge in [-0.3, -0.25) is 4.79 Å². The van der Waals surface area contributed by atoms with Gasteiger partial charge in [0.25, 0.3) is 0 Å². The molecule has 0 radical (unpaired) electrons. The largest absolute Gasteiger partial charge is 0.478 e. The van der Waals surface area contributed by atoms with Crippen molar-refractivity contribution in [3.05, 3.63) is 70.3 Å². The van der Waals surface area contributed by atoms with Crippen molar-refractivity contribution in [2.75, 3.05) is 0 Å². The molecule has 0 aliphatic carbocycles. The summed E-state index contributed by atoms with van der Waals surface area (Å²) in [5.41, 5.74) is 0.934. The van der Waals surface area contributed by atoms with Crippen molar-refractivity contribution in [3.63, 3.8) is 0 Å². The molecular formula is C16H12O5. The van der Waals surface area contributed by atoms with Gasteiger partial charge < -0.3 is 10.2 Å². The molecule has 2 rings (SSSR count). The highest BCUT2D eigenvalue weighted by Gasteiger charge is 2.16. The molecule has 0 aliphatic heterocycles. The standard InChI is InChI=1S/C16H12O5/c1-9-2-4-10(5-3-9)14(17)11-6-12(15(18)19)8-13(7-11)16(20)21/h2-8H,1H3,(H,18,19)(H,20,21). The highest BCUT2D eigenvalue weighted by atomic mass is 16.4. The van der Waals surface area contributed by atoms with Crippen LogP contribution in [0.25, 0.3) is 0 Å². The number of carboxylic acids is 2. The number of carbonyl (C=O) groups is 3. The lowest BCUT2D eigenvalue weighted by atomic mass is 9.98. The van der Waals surface area contributed by atoms with Gasteiger partial charge in [0.2, 0.25) is 0 Å². The van der Waals surface area contributed by atoms with Crippen LogP contribution in [0.4, 0.5) is 0 Å². The SMILES string of the molecule is Cc1ccc(C(=O)c2cc(C(=O)O)cc(C(=O)O)c2)cc1. The van der Waals surface area contributed by atoms with Crippen molar-refractivity contribution < 1.29 is 24.6 Å². The van der Waals surface area contributed by atoms with Crippen LogP contribution in [0.15, 0.2) is 42.5 Å². The molecule has 0 unspecified atom stereocenters. The van der Waals surface area contributed by atoms with Gasteiger partial charge >= 0.3 is 11.9 Å². The molecule has 0 saturated heterocycles. The maximum Gasteiger partial charge on any atom is 0.335 e. The normalized spacial score (nSPS) is 10.1. The Morgan fingerprint density at radius 2 is 1.14 bits per heavy atom. The number of carboxylic acid groups (broad SMARTS) is 2. The van der Waals surface area contributed by atoms with E-state index in [0.717, 1.165) is 11.6 Å². The number of ketones is 1. The molecule has 21 heavy (non-hydrogen) atoms. The van der Waals surface area contributed by atoms with E-state index >= 15 is 0 Å². The fourth-order valence-electron chi connectivity index (χ4n) is 1.88. The monoisotopic (exact) mass is 284 g/mol. The van der Waals surface area contributed by atoms with Crippen LogP contribution in [0, 0.1) is 6.92 Å². The molecule has 2 aromatic rings. The topological polar surface area (TPSA) is 91.7 Å². The van der Waals surface area contributed by atoms with Gasteiger partial charge in [0.05, 0.1) is 11.1 Å². The molecule has 2 aromatic carbocycles. The summed E-state index contributed by atoms with van der Waals surface area (Å²) in [4.78, 5) is 34.4. The molecule has 106 valence electrons. The van der Waals surface area contributed by atoms with Crippen molar-refractivity contribution in [2.24, 2.45) is 0 Å². The van der Waals surface area contributed by atoms with Crippen LogP contribution in [0.2, 0.25) is 0 Å². The zero-order chi connectivity index (χ0) is 15.6. The Labute approximate surface area is 120 Å². The highest BCUT2D eigenvalue weighted by molar-refractivity contribution is 6.11. The molecule has 0 aliphatic rings. The summed E-state index contributed by atoms with van der Waals surface area (Å²) >= 11 is 0. The second kappa shape index (κ2) is 5.58. The molecule has 5 heteroatoms. The van der Waals surface area contributed by atoms with Crippen LogP contribution in [0.1, 0.15) is 42.2 Å². The molecule has 0 amide bonds. The summed E-state index contributed by atoms with van der Waals surface area (Å²) < 4.78 is 0. The zero-order valence-corrected chi connectivity index (χ0v) is 11.2. The van der Waals surface area contributed by atoms with Crippen LogP contribution < -0.4 is 0 Å². The van der Waals surface area contributed by atoms with E-state index in [1.807, 2.05) is 6.92 Å². The van der Waals surface area contributed by atoms with Gasteiger partial charge in [-0.25, -0.2) is 9.59 Å². The fourth-order valence-corrected chi connectivity index (χ4v) is 1.88. The molecule has 2 N–H and O–H groups in total. The number of aryl methyl sites for hydroxylation is 1. The number of aromatic carboxylic acids is 2. The molecule has 0 atom stereocenters. The molecule has 0 heterocycles. The quantitative estimate of drug-likeness (QED) is 0.842. The Hall–Kier alpha value is -2.95. The van der Waals surface area contributed by atoms with Crippen molar-refractivity contribution in [2.45, 2.75) is 6.92 Å². The van der Waals surface area contributed by atoms with E-state index < -0.39 is 17.7 Å². The second-order valence-electron chi connectivity index (χ2n) is 4.60. The summed E-state index contributed by atoms with van der Waals surface area (Å²) in [5, 5.41) is 18.0. The summed E-state index contributed by atoms with van der Waals surface area (Å²) in [7, 11) is 0. The van der Waals surface area contributed by atoms with Crippen molar-refractivity contribution in [1.29, 1.82) is 0 Å². The van der Waals surface area contributed by atoms with Crippen LogP contribution in [0.5, 0.6) is 0 Å². The van der Waals surface area contributed by atoms with Gasteiger partial charge in [-0.15, -0.1) is 0 Å². The molecule has 5 nitrogen and oxygen atoms in total. The predicted molar refractivity (Wildman–Crippen MR) is 75.0 cm³/mol. The fraction of sp³-hybridized carbons (Fsp3) is 0.0625. The van der Waals surface area contributed by atoms with Gasteiger partial charge in [-0.1, -0.05) is 29.8 Å². The van der Waals surface area contributed by atoms with E-state index in [-0.39, 0.29) is 16.7 Å². The van der Waals surface area contributed by atoms with Crippen molar-refractivity contribution in [1.82, 2.24) is 0 Å². The number of carbonyl (C=O) groups excluding carboxylic acids is 1. The first-order chi connectivity index (χ1) is 9.88. The Morgan fingerprint density at radius 3 is 1.57 bits per heavy atom. The van der Waals surface area contributed by atoms with E-state index in [2.05, 4.69) is 0 Å². The van der Waals surface area contributed by atoms with E-state index in [1.54, 1.807) is 24.3 Å². The van der Waals surface area contributed by atoms with Crippen molar-refractivity contribution in [3.8, 4) is 0 Å². The lowest BCUT2D eigenvalue weighted by Crippen LogP contribution is -2.08. The minimum Gasteiger partial charge on any atom is -0.478 e. The molecule has 0 fully saturated rings. The molecule has 0 aromatic heterocycles. The maximum atomic E-state index is 12.3. The van der Waals surface area contributed by atoms with Gasteiger partial charge in [-0.05, 0) is 25.1 Å². The Morgan fingerprint density at radius 1 is 0.714 bits per heavy atom. The second-order valence-corrected chi connectivity index (χ2v) is 4.60.